The van der Waals surface area contributed by atoms with E-state index in [-0.39, 0.29) is 0 Å². The minimum atomic E-state index is 0.733. The maximum atomic E-state index is 11.2. The fourth-order valence-corrected chi connectivity index (χ4v) is 2.35. The van der Waals surface area contributed by atoms with E-state index in [1.165, 1.54) is 0 Å². The number of hydrogen-bond acceptors (Lipinski definition) is 2. The lowest BCUT2D eigenvalue weighted by Gasteiger charge is -2.19. The van der Waals surface area contributed by atoms with Crippen LogP contribution in [0.4, 0.5) is 5.69 Å². The van der Waals surface area contributed by atoms with E-state index in [0.717, 1.165) is 39.4 Å². The van der Waals surface area contributed by atoms with Gasteiger partial charge in [0.2, 0.25) is 0 Å². The van der Waals surface area contributed by atoms with Crippen molar-refractivity contribution < 1.29 is 4.79 Å². The number of fused-ring (bicyclic) bond motifs is 1. The number of aldehydes is 1. The van der Waals surface area contributed by atoms with Gasteiger partial charge in [-0.15, -0.1) is 0 Å². The molecule has 92 valence electrons. The third kappa shape index (κ3) is 1.80. The van der Waals surface area contributed by atoms with Crippen LogP contribution in [0.2, 0.25) is 0 Å². The molecule has 0 heterocycles. The van der Waals surface area contributed by atoms with E-state index in [4.69, 9.17) is 0 Å². The summed E-state index contributed by atoms with van der Waals surface area (Å²) in [4.78, 5) is 13.3. The monoisotopic (exact) mass is 239 g/mol. The van der Waals surface area contributed by atoms with Crippen molar-refractivity contribution in [1.29, 1.82) is 0 Å². The highest BCUT2D eigenvalue weighted by Crippen LogP contribution is 2.33. The molecule has 0 atom stereocenters. The lowest BCUT2D eigenvalue weighted by Crippen LogP contribution is -2.10. The first-order chi connectivity index (χ1) is 8.60. The highest BCUT2D eigenvalue weighted by molar-refractivity contribution is 6.09. The fraction of sp³-hybridized carbons (Fsp3) is 0.188. The molecule has 2 aromatic carbocycles. The zero-order chi connectivity index (χ0) is 13.3. The molecule has 0 bridgehead atoms. The van der Waals surface area contributed by atoms with Crippen molar-refractivity contribution in [2.75, 3.05) is 19.0 Å². The summed E-state index contributed by atoms with van der Waals surface area (Å²) in [5, 5.41) is 2.12. The van der Waals surface area contributed by atoms with Crippen LogP contribution in [-0.2, 0) is 0 Å². The Morgan fingerprint density at radius 3 is 2.28 bits per heavy atom. The fourth-order valence-electron chi connectivity index (χ4n) is 2.35. The normalized spacial score (nSPS) is 10.4. The SMILES string of the molecule is C=Cc1ccc(C=O)c2c(C)ccc(N(C)C)c12. The summed E-state index contributed by atoms with van der Waals surface area (Å²) in [6.45, 7) is 5.89. The van der Waals surface area contributed by atoms with Gasteiger partial charge in [-0.05, 0) is 29.5 Å². The number of anilines is 1. The molecule has 2 rings (SSSR count). The number of benzene rings is 2. The van der Waals surface area contributed by atoms with E-state index in [0.29, 0.717) is 0 Å². The minimum absolute atomic E-state index is 0.733. The van der Waals surface area contributed by atoms with Crippen molar-refractivity contribution in [3.8, 4) is 0 Å². The Morgan fingerprint density at radius 2 is 1.72 bits per heavy atom. The van der Waals surface area contributed by atoms with E-state index in [1.807, 2.05) is 39.2 Å². The first-order valence-corrected chi connectivity index (χ1v) is 5.91. The zero-order valence-electron chi connectivity index (χ0n) is 11.0. The first-order valence-electron chi connectivity index (χ1n) is 5.91. The van der Waals surface area contributed by atoms with Gasteiger partial charge in [0.25, 0.3) is 0 Å². The van der Waals surface area contributed by atoms with Gasteiger partial charge in [0.15, 0.2) is 6.29 Å². The van der Waals surface area contributed by atoms with E-state index < -0.39 is 0 Å². The minimum Gasteiger partial charge on any atom is -0.377 e. The van der Waals surface area contributed by atoms with Crippen molar-refractivity contribution in [2.24, 2.45) is 0 Å². The van der Waals surface area contributed by atoms with Gasteiger partial charge in [-0.1, -0.05) is 30.9 Å². The smallest absolute Gasteiger partial charge is 0.150 e. The Labute approximate surface area is 108 Å². The molecule has 0 spiro atoms. The topological polar surface area (TPSA) is 20.3 Å². The van der Waals surface area contributed by atoms with Gasteiger partial charge in [-0.3, -0.25) is 4.79 Å². The van der Waals surface area contributed by atoms with Crippen LogP contribution in [-0.4, -0.2) is 20.4 Å². The van der Waals surface area contributed by atoms with Crippen LogP contribution in [0.1, 0.15) is 21.5 Å². The highest BCUT2D eigenvalue weighted by atomic mass is 16.1. The molecule has 18 heavy (non-hydrogen) atoms. The van der Waals surface area contributed by atoms with Crippen LogP contribution in [0.3, 0.4) is 0 Å². The van der Waals surface area contributed by atoms with Crippen molar-refractivity contribution >= 4 is 28.8 Å². The number of nitrogens with zero attached hydrogens (tertiary/aromatic N) is 1. The summed E-state index contributed by atoms with van der Waals surface area (Å²) in [6, 6.07) is 7.95. The number of aryl methyl sites for hydroxylation is 1. The lowest BCUT2D eigenvalue weighted by molar-refractivity contribution is 0.112. The molecular formula is C16H17NO. The Bertz CT molecular complexity index is 627. The third-order valence-electron chi connectivity index (χ3n) is 3.24. The molecule has 0 unspecified atom stereocenters. The van der Waals surface area contributed by atoms with Gasteiger partial charge in [0, 0.05) is 30.7 Å². The van der Waals surface area contributed by atoms with Gasteiger partial charge < -0.3 is 4.90 Å². The van der Waals surface area contributed by atoms with Crippen LogP contribution in [0.25, 0.3) is 16.8 Å². The molecule has 0 amide bonds. The quantitative estimate of drug-likeness (QED) is 0.762. The Balaban J connectivity index is 3.03. The van der Waals surface area contributed by atoms with Gasteiger partial charge in [0.1, 0.15) is 0 Å². The molecule has 0 aliphatic heterocycles. The molecule has 0 radical (unpaired) electrons. The van der Waals surface area contributed by atoms with Crippen molar-refractivity contribution in [3.05, 3.63) is 47.5 Å². The molecule has 2 heteroatoms. The molecule has 2 aromatic rings. The molecular weight excluding hydrogens is 222 g/mol. The number of rotatable bonds is 3. The first kappa shape index (κ1) is 12.4. The predicted octanol–water partition coefficient (Wildman–Crippen LogP) is 3.67. The standard InChI is InChI=1S/C16H17NO/c1-5-12-7-8-13(10-18)15-11(2)6-9-14(16(12)15)17(3)4/h5-10H,1H2,2-4H3. The second kappa shape index (κ2) is 4.65. The zero-order valence-corrected chi connectivity index (χ0v) is 11.0. The summed E-state index contributed by atoms with van der Waals surface area (Å²) in [5.41, 5.74) is 4.01. The Kier molecular flexibility index (Phi) is 3.19. The van der Waals surface area contributed by atoms with Gasteiger partial charge in [-0.25, -0.2) is 0 Å². The summed E-state index contributed by atoms with van der Waals surface area (Å²) in [7, 11) is 4.01. The molecule has 0 fully saturated rings. The molecule has 0 aromatic heterocycles. The molecule has 0 saturated carbocycles. The van der Waals surface area contributed by atoms with Crippen LogP contribution in [0.5, 0.6) is 0 Å². The van der Waals surface area contributed by atoms with Crippen molar-refractivity contribution in [1.82, 2.24) is 0 Å². The van der Waals surface area contributed by atoms with Crippen molar-refractivity contribution in [2.45, 2.75) is 6.92 Å². The molecule has 0 aliphatic carbocycles. The lowest BCUT2D eigenvalue weighted by atomic mass is 9.94. The third-order valence-corrected chi connectivity index (χ3v) is 3.24. The number of hydrogen-bond donors (Lipinski definition) is 0. The number of carbonyl (C=O) groups is 1. The largest absolute Gasteiger partial charge is 0.377 e. The highest BCUT2D eigenvalue weighted by Gasteiger charge is 2.11. The van der Waals surface area contributed by atoms with E-state index in [9.17, 15) is 4.79 Å². The summed E-state index contributed by atoms with van der Waals surface area (Å²) < 4.78 is 0. The Hall–Kier alpha value is -2.09. The average molecular weight is 239 g/mol. The second-order valence-electron chi connectivity index (χ2n) is 4.61. The Morgan fingerprint density at radius 1 is 1.06 bits per heavy atom. The van der Waals surface area contributed by atoms with Crippen LogP contribution in [0.15, 0.2) is 30.8 Å². The average Bonchev–Trinajstić information content (AvgIpc) is 2.37. The maximum absolute atomic E-state index is 11.2. The van der Waals surface area contributed by atoms with Gasteiger partial charge >= 0.3 is 0 Å². The summed E-state index contributed by atoms with van der Waals surface area (Å²) in [5.74, 6) is 0. The summed E-state index contributed by atoms with van der Waals surface area (Å²) in [6.07, 6.45) is 2.75. The second-order valence-corrected chi connectivity index (χ2v) is 4.61. The van der Waals surface area contributed by atoms with Crippen LogP contribution in [0, 0.1) is 6.92 Å². The van der Waals surface area contributed by atoms with Gasteiger partial charge in [0.05, 0.1) is 0 Å². The number of carbonyl (C=O) groups excluding carboxylic acids is 1. The van der Waals surface area contributed by atoms with Crippen LogP contribution < -0.4 is 4.90 Å². The summed E-state index contributed by atoms with van der Waals surface area (Å²) >= 11 is 0. The molecule has 0 N–H and O–H groups in total. The van der Waals surface area contributed by atoms with Crippen molar-refractivity contribution in [3.63, 3.8) is 0 Å². The maximum Gasteiger partial charge on any atom is 0.150 e. The molecule has 0 aliphatic rings. The van der Waals surface area contributed by atoms with Crippen LogP contribution >= 0.6 is 0 Å². The molecule has 0 saturated heterocycles. The van der Waals surface area contributed by atoms with E-state index in [2.05, 4.69) is 23.6 Å². The predicted molar refractivity (Wildman–Crippen MR) is 78.5 cm³/mol. The molecule has 2 nitrogen and oxygen atoms in total. The van der Waals surface area contributed by atoms with E-state index >= 15 is 0 Å². The van der Waals surface area contributed by atoms with E-state index in [1.54, 1.807) is 0 Å². The van der Waals surface area contributed by atoms with Gasteiger partial charge in [-0.2, -0.15) is 0 Å².